The Kier molecular flexibility index (Phi) is 10.0. The second-order valence-corrected chi connectivity index (χ2v) is 13.9. The molecule has 0 saturated carbocycles. The molecule has 2 aliphatic rings. The molecule has 0 bridgehead atoms. The van der Waals surface area contributed by atoms with E-state index in [9.17, 15) is 27.6 Å². The third-order valence-corrected chi connectivity index (χ3v) is 10.1. The molecule has 15 heteroatoms. The summed E-state index contributed by atoms with van der Waals surface area (Å²) < 4.78 is 55.1. The van der Waals surface area contributed by atoms with Gasteiger partial charge in [0, 0.05) is 62.2 Å². The zero-order valence-corrected chi connectivity index (χ0v) is 29.6. The first-order chi connectivity index (χ1) is 25.4. The van der Waals surface area contributed by atoms with E-state index < -0.39 is 23.7 Å². The van der Waals surface area contributed by atoms with Gasteiger partial charge in [-0.2, -0.15) is 13.2 Å². The van der Waals surface area contributed by atoms with Crippen LogP contribution in [0.3, 0.4) is 0 Å². The maximum atomic E-state index is 14.2. The summed E-state index contributed by atoms with van der Waals surface area (Å²) in [6.45, 7) is 1.79. The lowest BCUT2D eigenvalue weighted by Crippen LogP contribution is -2.52. The fourth-order valence-corrected chi connectivity index (χ4v) is 7.36. The van der Waals surface area contributed by atoms with E-state index in [0.29, 0.717) is 65.0 Å². The number of hydrogen-bond acceptors (Lipinski definition) is 10. The fraction of sp³-hybridized carbons (Fsp3) is 0.289. The van der Waals surface area contributed by atoms with E-state index >= 15 is 0 Å². The van der Waals surface area contributed by atoms with Crippen LogP contribution < -0.4 is 20.3 Å². The van der Waals surface area contributed by atoms with Gasteiger partial charge in [-0.05, 0) is 72.1 Å². The Bertz CT molecular complexity index is 2190. The molecule has 1 atom stereocenters. The Morgan fingerprint density at radius 3 is 2.53 bits per heavy atom. The van der Waals surface area contributed by atoms with Crippen LogP contribution >= 0.6 is 11.3 Å². The lowest BCUT2D eigenvalue weighted by atomic mass is 9.98. The van der Waals surface area contributed by atoms with E-state index in [2.05, 4.69) is 20.6 Å². The number of nitrogens with one attached hydrogen (secondary N) is 2. The van der Waals surface area contributed by atoms with Crippen LogP contribution in [-0.4, -0.2) is 79.1 Å². The van der Waals surface area contributed by atoms with Gasteiger partial charge in [0.15, 0.2) is 0 Å². The van der Waals surface area contributed by atoms with Gasteiger partial charge in [0.25, 0.3) is 5.91 Å². The number of aromatic nitrogens is 2. The highest BCUT2D eigenvalue weighted by Gasteiger charge is 2.39. The highest BCUT2D eigenvalue weighted by Crippen LogP contribution is 2.41. The Balaban J connectivity index is 0.900. The SMILES string of the molecule is CN(C)c1ccc(-c2ccc(-c3nc4ccc(NCCOCCOc5ccc6c(c5)CN(C5CCC(=O)NC5=O)C6=O)cc4s3)cc2C(F)(F)F)cn1. The van der Waals surface area contributed by atoms with Gasteiger partial charge >= 0.3 is 6.18 Å². The monoisotopic (exact) mass is 744 g/mol. The Labute approximate surface area is 306 Å². The van der Waals surface area contributed by atoms with E-state index in [4.69, 9.17) is 9.47 Å². The number of amides is 3. The predicted octanol–water partition coefficient (Wildman–Crippen LogP) is 6.38. The molecule has 5 aromatic rings. The molecule has 1 saturated heterocycles. The normalized spacial score (nSPS) is 15.8. The minimum absolute atomic E-state index is 0.0569. The zero-order chi connectivity index (χ0) is 37.3. The third kappa shape index (κ3) is 7.81. The molecule has 53 heavy (non-hydrogen) atoms. The number of halogens is 3. The number of fused-ring (bicyclic) bond motifs is 2. The number of anilines is 2. The van der Waals surface area contributed by atoms with Crippen molar-refractivity contribution in [2.24, 2.45) is 0 Å². The van der Waals surface area contributed by atoms with Crippen molar-refractivity contribution in [3.63, 3.8) is 0 Å². The molecular formula is C38H35F3N6O5S. The van der Waals surface area contributed by atoms with Gasteiger partial charge in [0.05, 0.1) is 29.0 Å². The summed E-state index contributed by atoms with van der Waals surface area (Å²) in [5.41, 5.74) is 2.86. The average molecular weight is 745 g/mol. The van der Waals surface area contributed by atoms with Crippen LogP contribution in [0.2, 0.25) is 0 Å². The number of pyridine rings is 1. The van der Waals surface area contributed by atoms with Crippen molar-refractivity contribution < 1.29 is 37.0 Å². The fourth-order valence-electron chi connectivity index (χ4n) is 6.36. The molecule has 1 unspecified atom stereocenters. The van der Waals surface area contributed by atoms with E-state index in [-0.39, 0.29) is 37.0 Å². The van der Waals surface area contributed by atoms with Gasteiger partial charge in [-0.15, -0.1) is 11.3 Å². The topological polar surface area (TPSA) is 126 Å². The van der Waals surface area contributed by atoms with Gasteiger partial charge in [-0.3, -0.25) is 19.7 Å². The van der Waals surface area contributed by atoms with Crippen LogP contribution in [0.1, 0.15) is 34.3 Å². The van der Waals surface area contributed by atoms with Crippen LogP contribution in [0, 0.1) is 0 Å². The summed E-state index contributed by atoms with van der Waals surface area (Å²) in [6.07, 6.45) is -2.62. The second kappa shape index (κ2) is 14.8. The van der Waals surface area contributed by atoms with Gasteiger partial charge in [-0.25, -0.2) is 9.97 Å². The molecule has 2 N–H and O–H groups in total. The molecular weight excluding hydrogens is 710 g/mol. The number of carbonyl (C=O) groups is 3. The Morgan fingerprint density at radius 1 is 0.962 bits per heavy atom. The van der Waals surface area contributed by atoms with Crippen molar-refractivity contribution in [3.8, 4) is 27.4 Å². The predicted molar refractivity (Wildman–Crippen MR) is 195 cm³/mol. The molecule has 2 aromatic heterocycles. The summed E-state index contributed by atoms with van der Waals surface area (Å²) in [5.74, 6) is 0.215. The Morgan fingerprint density at radius 2 is 1.77 bits per heavy atom. The van der Waals surface area contributed by atoms with Crippen molar-refractivity contribution >= 4 is 50.8 Å². The lowest BCUT2D eigenvalue weighted by Gasteiger charge is -2.29. The number of hydrogen-bond donors (Lipinski definition) is 2. The zero-order valence-electron chi connectivity index (χ0n) is 28.8. The summed E-state index contributed by atoms with van der Waals surface area (Å²) in [6, 6.07) is 17.7. The standard InChI is InChI=1S/C38H35F3N6O5S/c1-46(2)33-11-4-23(20-43-33)27-7-3-22(18-29(27)38(39,40)41)36-44-30-9-5-25(19-32(30)53-36)42-13-14-51-15-16-52-26-6-8-28-24(17-26)21-47(37(28)50)31-10-12-34(48)45-35(31)49/h3-9,11,17-20,31,42H,10,12-16,21H2,1-2H3,(H,45,48,49). The number of carbonyl (C=O) groups excluding carboxylic acids is 3. The van der Waals surface area contributed by atoms with Crippen LogP contribution in [0.4, 0.5) is 24.7 Å². The number of imide groups is 1. The van der Waals surface area contributed by atoms with Gasteiger partial charge in [0.2, 0.25) is 11.8 Å². The summed E-state index contributed by atoms with van der Waals surface area (Å²) in [4.78, 5) is 48.8. The molecule has 2 aliphatic heterocycles. The second-order valence-electron chi connectivity index (χ2n) is 12.9. The number of rotatable bonds is 12. The van der Waals surface area contributed by atoms with Crippen molar-refractivity contribution in [3.05, 3.63) is 89.6 Å². The first-order valence-electron chi connectivity index (χ1n) is 16.9. The first-order valence-corrected chi connectivity index (χ1v) is 17.7. The van der Waals surface area contributed by atoms with Gasteiger partial charge in [0.1, 0.15) is 29.2 Å². The minimum Gasteiger partial charge on any atom is -0.491 e. The number of nitrogens with zero attached hydrogens (tertiary/aromatic N) is 4. The van der Waals surface area contributed by atoms with E-state index in [1.54, 1.807) is 41.3 Å². The number of piperidine rings is 1. The molecule has 4 heterocycles. The molecule has 11 nitrogen and oxygen atoms in total. The van der Waals surface area contributed by atoms with E-state index in [1.807, 2.05) is 32.3 Å². The molecule has 7 rings (SSSR count). The van der Waals surface area contributed by atoms with Gasteiger partial charge in [-0.1, -0.05) is 12.1 Å². The molecule has 3 aromatic carbocycles. The highest BCUT2D eigenvalue weighted by atomic mass is 32.1. The average Bonchev–Trinajstić information content (AvgIpc) is 3.71. The maximum Gasteiger partial charge on any atom is 0.417 e. The van der Waals surface area contributed by atoms with Crippen molar-refractivity contribution in [2.75, 3.05) is 50.7 Å². The van der Waals surface area contributed by atoms with E-state index in [1.165, 1.54) is 28.5 Å². The minimum atomic E-state index is -4.57. The quantitative estimate of drug-likeness (QED) is 0.111. The lowest BCUT2D eigenvalue weighted by molar-refractivity contribution is -0.138. The van der Waals surface area contributed by atoms with E-state index in [0.717, 1.165) is 22.0 Å². The summed E-state index contributed by atoms with van der Waals surface area (Å²) in [5, 5.41) is 6.09. The number of ether oxygens (including phenoxy) is 2. The molecule has 3 amide bonds. The van der Waals surface area contributed by atoms with Crippen molar-refractivity contribution in [2.45, 2.75) is 31.6 Å². The van der Waals surface area contributed by atoms with Crippen molar-refractivity contribution in [1.82, 2.24) is 20.2 Å². The number of alkyl halides is 3. The number of thiazole rings is 1. The largest absolute Gasteiger partial charge is 0.491 e. The smallest absolute Gasteiger partial charge is 0.417 e. The summed E-state index contributed by atoms with van der Waals surface area (Å²) >= 11 is 1.32. The molecule has 274 valence electrons. The molecule has 1 fully saturated rings. The van der Waals surface area contributed by atoms with Gasteiger partial charge < -0.3 is 24.6 Å². The Hall–Kier alpha value is -5.54. The van der Waals surface area contributed by atoms with Crippen LogP contribution in [0.25, 0.3) is 31.9 Å². The first kappa shape index (κ1) is 35.8. The highest BCUT2D eigenvalue weighted by molar-refractivity contribution is 7.21. The molecule has 0 radical (unpaired) electrons. The van der Waals surface area contributed by atoms with Crippen LogP contribution in [-0.2, 0) is 27.0 Å². The third-order valence-electron chi connectivity index (χ3n) is 9.04. The molecule has 0 aliphatic carbocycles. The molecule has 0 spiro atoms. The maximum absolute atomic E-state index is 14.2. The summed E-state index contributed by atoms with van der Waals surface area (Å²) in [7, 11) is 3.63. The van der Waals surface area contributed by atoms with Crippen LogP contribution in [0.15, 0.2) is 72.9 Å². The van der Waals surface area contributed by atoms with Crippen molar-refractivity contribution in [1.29, 1.82) is 0 Å². The number of benzene rings is 3. The van der Waals surface area contributed by atoms with Crippen LogP contribution in [0.5, 0.6) is 5.75 Å².